The summed E-state index contributed by atoms with van der Waals surface area (Å²) >= 11 is 12.6. The normalized spacial score (nSPS) is 12.6. The van der Waals surface area contributed by atoms with Crippen LogP contribution in [-0.2, 0) is 15.6 Å². The van der Waals surface area contributed by atoms with E-state index < -0.39 is 23.2 Å². The van der Waals surface area contributed by atoms with Crippen LogP contribution in [0.25, 0.3) is 22.5 Å². The molecule has 0 spiro atoms. The first-order valence-electron chi connectivity index (χ1n) is 12.8. The average molecular weight is 600 g/mol. The number of nitrogens with one attached hydrogen (secondary N) is 1. The van der Waals surface area contributed by atoms with E-state index in [4.69, 9.17) is 33.7 Å². The lowest BCUT2D eigenvalue weighted by molar-refractivity contribution is 0.0592. The summed E-state index contributed by atoms with van der Waals surface area (Å²) in [6.45, 7) is 7.73. The number of rotatable bonds is 8. The quantitative estimate of drug-likeness (QED) is 0.160. The van der Waals surface area contributed by atoms with Crippen LogP contribution in [0.15, 0.2) is 72.8 Å². The zero-order chi connectivity index (χ0) is 29.9. The Morgan fingerprint density at radius 1 is 0.829 bits per heavy atom. The fourth-order valence-electron chi connectivity index (χ4n) is 4.16. The lowest BCUT2D eigenvalue weighted by Gasteiger charge is -2.32. The molecule has 0 aliphatic rings. The molecule has 0 saturated carbocycles. The summed E-state index contributed by atoms with van der Waals surface area (Å²) in [4.78, 5) is 21.5. The van der Waals surface area contributed by atoms with Crippen LogP contribution in [0.3, 0.4) is 0 Å². The number of aromatic nitrogens is 2. The van der Waals surface area contributed by atoms with E-state index in [1.54, 1.807) is 42.5 Å². The van der Waals surface area contributed by atoms with Crippen LogP contribution in [0.4, 0.5) is 13.6 Å². The number of carbonyl (C=O) groups excluding carboxylic acids is 1. The summed E-state index contributed by atoms with van der Waals surface area (Å²) in [6.07, 6.45) is -1.73. The largest absolute Gasteiger partial charge is 0.430 e. The zero-order valence-corrected chi connectivity index (χ0v) is 24.5. The summed E-state index contributed by atoms with van der Waals surface area (Å²) < 4.78 is 32.3. The first-order valence-corrected chi connectivity index (χ1v) is 13.6. The number of benzene rings is 2. The van der Waals surface area contributed by atoms with E-state index in [2.05, 4.69) is 15.3 Å². The molecule has 0 aliphatic carbocycles. The van der Waals surface area contributed by atoms with Crippen molar-refractivity contribution < 1.29 is 18.3 Å². The second-order valence-electron chi connectivity index (χ2n) is 10.9. The minimum atomic E-state index is -1.04. The van der Waals surface area contributed by atoms with Gasteiger partial charge in [0.2, 0.25) is 0 Å². The number of pyridine rings is 2. The van der Waals surface area contributed by atoms with Crippen molar-refractivity contribution >= 4 is 29.3 Å². The number of nitrogens with zero attached hydrogens (tertiary/aromatic N) is 2. The number of alkyl carbamates (subject to hydrolysis) is 1. The smallest absolute Gasteiger partial charge is 0.408 e. The Bertz CT molecular complexity index is 1550. The third-order valence-corrected chi connectivity index (χ3v) is 7.40. The first-order chi connectivity index (χ1) is 19.2. The lowest BCUT2D eigenvalue weighted by Crippen LogP contribution is -2.47. The van der Waals surface area contributed by atoms with Gasteiger partial charge in [0.1, 0.15) is 21.9 Å². The van der Waals surface area contributed by atoms with Gasteiger partial charge in [-0.1, -0.05) is 50.9 Å². The van der Waals surface area contributed by atoms with Crippen LogP contribution in [0.1, 0.15) is 38.8 Å². The highest BCUT2D eigenvalue weighted by Gasteiger charge is 2.33. The molecule has 0 saturated heterocycles. The first kappa shape index (κ1) is 30.4. The second-order valence-corrected chi connectivity index (χ2v) is 11.7. The Balaban J connectivity index is 1.45. The van der Waals surface area contributed by atoms with Crippen LogP contribution in [0.5, 0.6) is 0 Å². The summed E-state index contributed by atoms with van der Waals surface area (Å²) in [6, 6.07) is 18.9. The Kier molecular flexibility index (Phi) is 8.97. The number of nitrogens with two attached hydrogens (primary N) is 1. The van der Waals surface area contributed by atoms with E-state index in [-0.39, 0.29) is 28.5 Å². The van der Waals surface area contributed by atoms with Gasteiger partial charge in [-0.25, -0.2) is 23.5 Å². The number of hydrogen-bond donors (Lipinski definition) is 2. The number of halogens is 4. The van der Waals surface area contributed by atoms with Crippen molar-refractivity contribution in [1.82, 2.24) is 15.3 Å². The molecule has 4 rings (SSSR count). The Morgan fingerprint density at radius 2 is 1.27 bits per heavy atom. The van der Waals surface area contributed by atoms with Crippen molar-refractivity contribution in [1.29, 1.82) is 0 Å². The highest BCUT2D eigenvalue weighted by Crippen LogP contribution is 2.33. The Morgan fingerprint density at radius 3 is 1.76 bits per heavy atom. The van der Waals surface area contributed by atoms with Gasteiger partial charge < -0.3 is 10.1 Å². The number of ether oxygens (including phenoxy) is 1. The molecule has 0 radical (unpaired) electrons. The van der Waals surface area contributed by atoms with Gasteiger partial charge in [0.25, 0.3) is 0 Å². The van der Waals surface area contributed by atoms with Crippen LogP contribution in [-0.4, -0.2) is 28.8 Å². The third kappa shape index (κ3) is 7.38. The molecular formula is C31H30Cl2F2N4O2. The third-order valence-electron chi connectivity index (χ3n) is 7.01. The van der Waals surface area contributed by atoms with Crippen molar-refractivity contribution in [2.75, 3.05) is 6.54 Å². The minimum Gasteiger partial charge on any atom is -0.430 e. The van der Waals surface area contributed by atoms with Gasteiger partial charge in [0.15, 0.2) is 6.23 Å². The van der Waals surface area contributed by atoms with Crippen LogP contribution in [0, 0.1) is 11.6 Å². The molecule has 0 bridgehead atoms. The molecule has 2 heterocycles. The molecule has 0 fully saturated rings. The van der Waals surface area contributed by atoms with Gasteiger partial charge in [-0.3, -0.25) is 5.73 Å². The average Bonchev–Trinajstić information content (AvgIpc) is 2.92. The summed E-state index contributed by atoms with van der Waals surface area (Å²) in [7, 11) is 0. The van der Waals surface area contributed by atoms with Gasteiger partial charge >= 0.3 is 6.09 Å². The molecule has 1 amide bonds. The molecule has 10 heteroatoms. The van der Waals surface area contributed by atoms with Gasteiger partial charge in [0, 0.05) is 28.5 Å². The molecule has 6 nitrogen and oxygen atoms in total. The lowest BCUT2D eigenvalue weighted by atomic mass is 9.82. The predicted octanol–water partition coefficient (Wildman–Crippen LogP) is 7.66. The van der Waals surface area contributed by atoms with Crippen molar-refractivity contribution in [3.8, 4) is 22.5 Å². The fourth-order valence-corrected chi connectivity index (χ4v) is 4.57. The van der Waals surface area contributed by atoms with E-state index >= 15 is 0 Å². The molecular weight excluding hydrogens is 569 g/mol. The molecule has 2 aromatic carbocycles. The maximum absolute atomic E-state index is 13.4. The summed E-state index contributed by atoms with van der Waals surface area (Å²) in [5, 5.41) is 3.29. The Hall–Kier alpha value is -3.59. The van der Waals surface area contributed by atoms with Gasteiger partial charge in [-0.15, -0.1) is 0 Å². The van der Waals surface area contributed by atoms with Crippen LogP contribution in [0.2, 0.25) is 10.3 Å². The van der Waals surface area contributed by atoms with Crippen molar-refractivity contribution in [2.45, 2.75) is 44.8 Å². The van der Waals surface area contributed by atoms with E-state index in [9.17, 15) is 13.6 Å². The van der Waals surface area contributed by atoms with Gasteiger partial charge in [-0.05, 0) is 83.9 Å². The molecule has 41 heavy (non-hydrogen) atoms. The van der Waals surface area contributed by atoms with Crippen LogP contribution < -0.4 is 11.1 Å². The second kappa shape index (κ2) is 12.1. The summed E-state index contributed by atoms with van der Waals surface area (Å²) in [5.74, 6) is -0.706. The minimum absolute atomic E-state index is 0.206. The molecule has 2 aromatic heterocycles. The highest BCUT2D eigenvalue weighted by molar-refractivity contribution is 6.29. The van der Waals surface area contributed by atoms with Gasteiger partial charge in [-0.2, -0.15) is 0 Å². The van der Waals surface area contributed by atoms with Crippen LogP contribution >= 0.6 is 23.2 Å². The van der Waals surface area contributed by atoms with E-state index in [0.29, 0.717) is 28.1 Å². The maximum Gasteiger partial charge on any atom is 0.408 e. The summed E-state index contributed by atoms with van der Waals surface area (Å²) in [5.41, 5.74) is 8.97. The molecule has 214 valence electrons. The molecule has 1 unspecified atom stereocenters. The van der Waals surface area contributed by atoms with Crippen molar-refractivity contribution in [3.63, 3.8) is 0 Å². The topological polar surface area (TPSA) is 90.1 Å². The molecule has 0 aliphatic heterocycles. The van der Waals surface area contributed by atoms with Gasteiger partial charge in [0.05, 0.1) is 11.4 Å². The number of amides is 1. The zero-order valence-electron chi connectivity index (χ0n) is 23.0. The molecule has 1 atom stereocenters. The van der Waals surface area contributed by atoms with Crippen molar-refractivity contribution in [2.24, 2.45) is 5.73 Å². The molecule has 4 aromatic rings. The van der Waals surface area contributed by atoms with Crippen molar-refractivity contribution in [3.05, 3.63) is 106 Å². The van der Waals surface area contributed by atoms with E-state index in [1.807, 2.05) is 33.8 Å². The highest BCUT2D eigenvalue weighted by atomic mass is 35.5. The van der Waals surface area contributed by atoms with E-state index in [0.717, 1.165) is 5.56 Å². The number of carbonyl (C=O) groups is 1. The monoisotopic (exact) mass is 598 g/mol. The molecule has 3 N–H and O–H groups in total. The Labute approximate surface area is 247 Å². The van der Waals surface area contributed by atoms with E-state index in [1.165, 1.54) is 24.3 Å². The SMILES string of the molecule is CC(C)(CNC(=O)OC(N)C(C)(C)c1cc(Cl)nc(-c2ccc(F)cc2)c1)c1cc(Cl)nc(-c2ccc(F)cc2)c1. The maximum atomic E-state index is 13.4. The number of hydrogen-bond acceptors (Lipinski definition) is 5. The predicted molar refractivity (Wildman–Crippen MR) is 158 cm³/mol. The standard InChI is InChI=1S/C31H30Cl2F2N4O2/c1-30(2,20-13-24(38-26(32)15-20)18-5-9-22(34)10-6-18)17-37-29(40)41-28(36)31(3,4)21-14-25(39-27(33)16-21)19-7-11-23(35)12-8-19/h5-16,28H,17,36H2,1-4H3,(H,37,40). The fraction of sp³-hybridized carbons (Fsp3) is 0.258.